The smallest absolute Gasteiger partial charge is 0.274 e. The second-order valence-electron chi connectivity index (χ2n) is 7.32. The molecule has 0 radical (unpaired) electrons. The molecule has 1 aromatic carbocycles. The van der Waals surface area contributed by atoms with Crippen LogP contribution in [0.4, 0.5) is 5.82 Å². The summed E-state index contributed by atoms with van der Waals surface area (Å²) in [5.41, 5.74) is 2.85. The number of nitrogens with zero attached hydrogens (tertiary/aromatic N) is 3. The van der Waals surface area contributed by atoms with Gasteiger partial charge in [0.15, 0.2) is 0 Å². The Labute approximate surface area is 159 Å². The van der Waals surface area contributed by atoms with E-state index in [0.717, 1.165) is 38.0 Å². The fraction of sp³-hybridized carbons (Fsp3) is 0.381. The highest BCUT2D eigenvalue weighted by Gasteiger charge is 2.23. The number of benzene rings is 1. The van der Waals surface area contributed by atoms with Gasteiger partial charge in [-0.25, -0.2) is 9.97 Å². The van der Waals surface area contributed by atoms with E-state index in [4.69, 9.17) is 0 Å². The molecule has 1 saturated heterocycles. The standard InChI is InChI=1S/C21H25N5O/c1-15-5-4-10-26(14-15)21(27)19-12-25-20(13-24-19)22-9-8-16-11-23-18-7-3-2-6-17(16)18/h2-3,6-7,11-13,15,23H,4-5,8-10,14H2,1H3,(H,22,25). The number of anilines is 1. The highest BCUT2D eigenvalue weighted by atomic mass is 16.2. The zero-order valence-corrected chi connectivity index (χ0v) is 15.6. The predicted octanol–water partition coefficient (Wildman–Crippen LogP) is 3.48. The molecule has 4 rings (SSSR count). The molecule has 2 aromatic heterocycles. The Balaban J connectivity index is 1.33. The molecule has 0 saturated carbocycles. The van der Waals surface area contributed by atoms with Crippen molar-refractivity contribution < 1.29 is 4.79 Å². The molecule has 3 heterocycles. The Bertz CT molecular complexity index is 918. The SMILES string of the molecule is CC1CCCN(C(=O)c2cnc(NCCc3c[nH]c4ccccc34)cn2)C1. The Morgan fingerprint density at radius 2 is 2.19 bits per heavy atom. The van der Waals surface area contributed by atoms with Crippen LogP contribution in [0.5, 0.6) is 0 Å². The molecule has 0 bridgehead atoms. The second kappa shape index (κ2) is 7.78. The number of piperidine rings is 1. The molecular formula is C21H25N5O. The van der Waals surface area contributed by atoms with E-state index in [1.807, 2.05) is 11.0 Å². The first-order valence-corrected chi connectivity index (χ1v) is 9.61. The van der Waals surface area contributed by atoms with E-state index in [-0.39, 0.29) is 5.91 Å². The van der Waals surface area contributed by atoms with Crippen LogP contribution in [0.1, 0.15) is 35.8 Å². The van der Waals surface area contributed by atoms with Gasteiger partial charge in [0, 0.05) is 36.7 Å². The first-order chi connectivity index (χ1) is 13.2. The van der Waals surface area contributed by atoms with Crippen LogP contribution < -0.4 is 5.32 Å². The third-order valence-electron chi connectivity index (χ3n) is 5.19. The number of aromatic amines is 1. The third-order valence-corrected chi connectivity index (χ3v) is 5.19. The average molecular weight is 363 g/mol. The molecular weight excluding hydrogens is 338 g/mol. The minimum Gasteiger partial charge on any atom is -0.368 e. The summed E-state index contributed by atoms with van der Waals surface area (Å²) < 4.78 is 0. The summed E-state index contributed by atoms with van der Waals surface area (Å²) in [4.78, 5) is 26.4. The van der Waals surface area contributed by atoms with Gasteiger partial charge >= 0.3 is 0 Å². The van der Waals surface area contributed by atoms with Crippen molar-refractivity contribution in [1.82, 2.24) is 19.9 Å². The number of likely N-dealkylation sites (tertiary alicyclic amines) is 1. The molecule has 1 atom stereocenters. The molecule has 1 amide bonds. The lowest BCUT2D eigenvalue weighted by Crippen LogP contribution is -2.39. The molecule has 1 aliphatic heterocycles. The molecule has 3 aromatic rings. The van der Waals surface area contributed by atoms with E-state index >= 15 is 0 Å². The van der Waals surface area contributed by atoms with Crippen molar-refractivity contribution in [2.24, 2.45) is 5.92 Å². The average Bonchev–Trinajstić information content (AvgIpc) is 3.11. The topological polar surface area (TPSA) is 73.9 Å². The van der Waals surface area contributed by atoms with Crippen LogP contribution >= 0.6 is 0 Å². The zero-order chi connectivity index (χ0) is 18.6. The van der Waals surface area contributed by atoms with Crippen LogP contribution in [-0.4, -0.2) is 45.4 Å². The summed E-state index contributed by atoms with van der Waals surface area (Å²) in [6.07, 6.45) is 8.42. The number of H-pyrrole nitrogens is 1. The van der Waals surface area contributed by atoms with E-state index < -0.39 is 0 Å². The molecule has 27 heavy (non-hydrogen) atoms. The van der Waals surface area contributed by atoms with E-state index in [1.54, 1.807) is 12.4 Å². The number of amides is 1. The summed E-state index contributed by atoms with van der Waals surface area (Å²) >= 11 is 0. The van der Waals surface area contributed by atoms with Gasteiger partial charge < -0.3 is 15.2 Å². The van der Waals surface area contributed by atoms with E-state index in [0.29, 0.717) is 17.4 Å². The monoisotopic (exact) mass is 363 g/mol. The predicted molar refractivity (Wildman–Crippen MR) is 107 cm³/mol. The number of carbonyl (C=O) groups is 1. The molecule has 1 fully saturated rings. The molecule has 0 spiro atoms. The van der Waals surface area contributed by atoms with Crippen LogP contribution in [0.2, 0.25) is 0 Å². The fourth-order valence-electron chi connectivity index (χ4n) is 3.73. The van der Waals surface area contributed by atoms with E-state index in [1.165, 1.54) is 17.4 Å². The van der Waals surface area contributed by atoms with Crippen LogP contribution in [-0.2, 0) is 6.42 Å². The summed E-state index contributed by atoms with van der Waals surface area (Å²) in [5, 5.41) is 4.54. The maximum Gasteiger partial charge on any atom is 0.274 e. The maximum absolute atomic E-state index is 12.6. The highest BCUT2D eigenvalue weighted by Crippen LogP contribution is 2.19. The lowest BCUT2D eigenvalue weighted by atomic mass is 10.0. The van der Waals surface area contributed by atoms with E-state index in [9.17, 15) is 4.79 Å². The number of hydrogen-bond donors (Lipinski definition) is 2. The van der Waals surface area contributed by atoms with Crippen molar-refractivity contribution in [2.45, 2.75) is 26.2 Å². The minimum absolute atomic E-state index is 0.0145. The van der Waals surface area contributed by atoms with Gasteiger partial charge in [-0.1, -0.05) is 25.1 Å². The fourth-order valence-corrected chi connectivity index (χ4v) is 3.73. The Kier molecular flexibility index (Phi) is 5.05. The Morgan fingerprint density at radius 3 is 3.00 bits per heavy atom. The van der Waals surface area contributed by atoms with Crippen molar-refractivity contribution in [3.63, 3.8) is 0 Å². The number of hydrogen-bond acceptors (Lipinski definition) is 4. The van der Waals surface area contributed by atoms with Crippen LogP contribution in [0, 0.1) is 5.92 Å². The van der Waals surface area contributed by atoms with Gasteiger partial charge in [0.1, 0.15) is 11.5 Å². The molecule has 6 nitrogen and oxygen atoms in total. The Hall–Kier alpha value is -2.89. The number of rotatable bonds is 5. The molecule has 2 N–H and O–H groups in total. The quantitative estimate of drug-likeness (QED) is 0.728. The first kappa shape index (κ1) is 17.5. The maximum atomic E-state index is 12.6. The van der Waals surface area contributed by atoms with Crippen molar-refractivity contribution in [1.29, 1.82) is 0 Å². The number of aromatic nitrogens is 3. The summed E-state index contributed by atoms with van der Waals surface area (Å²) in [6, 6.07) is 8.29. The van der Waals surface area contributed by atoms with Crippen molar-refractivity contribution in [3.05, 3.63) is 54.1 Å². The summed E-state index contributed by atoms with van der Waals surface area (Å²) in [6.45, 7) is 4.57. The van der Waals surface area contributed by atoms with Crippen molar-refractivity contribution in [3.8, 4) is 0 Å². The molecule has 0 aliphatic carbocycles. The number of fused-ring (bicyclic) bond motifs is 1. The molecule has 140 valence electrons. The van der Waals surface area contributed by atoms with Crippen LogP contribution in [0.25, 0.3) is 10.9 Å². The Morgan fingerprint density at radius 1 is 1.30 bits per heavy atom. The van der Waals surface area contributed by atoms with Gasteiger partial charge in [-0.3, -0.25) is 4.79 Å². The highest BCUT2D eigenvalue weighted by molar-refractivity contribution is 5.92. The number of nitrogens with one attached hydrogen (secondary N) is 2. The van der Waals surface area contributed by atoms with Crippen LogP contribution in [0.3, 0.4) is 0 Å². The largest absolute Gasteiger partial charge is 0.368 e. The molecule has 1 unspecified atom stereocenters. The summed E-state index contributed by atoms with van der Waals surface area (Å²) in [7, 11) is 0. The lowest BCUT2D eigenvalue weighted by Gasteiger charge is -2.30. The molecule has 6 heteroatoms. The first-order valence-electron chi connectivity index (χ1n) is 9.61. The third kappa shape index (κ3) is 3.94. The normalized spacial score (nSPS) is 17.2. The minimum atomic E-state index is -0.0145. The van der Waals surface area contributed by atoms with Crippen molar-refractivity contribution in [2.75, 3.05) is 25.0 Å². The van der Waals surface area contributed by atoms with Gasteiger partial charge in [0.25, 0.3) is 5.91 Å². The number of para-hydroxylation sites is 1. The lowest BCUT2D eigenvalue weighted by molar-refractivity contribution is 0.0676. The second-order valence-corrected chi connectivity index (χ2v) is 7.32. The van der Waals surface area contributed by atoms with Gasteiger partial charge in [0.05, 0.1) is 12.4 Å². The zero-order valence-electron chi connectivity index (χ0n) is 15.6. The van der Waals surface area contributed by atoms with Crippen LogP contribution in [0.15, 0.2) is 42.9 Å². The number of carbonyl (C=O) groups excluding carboxylic acids is 1. The van der Waals surface area contributed by atoms with Gasteiger partial charge in [-0.2, -0.15) is 0 Å². The summed E-state index contributed by atoms with van der Waals surface area (Å²) in [5.74, 6) is 1.24. The van der Waals surface area contributed by atoms with Gasteiger partial charge in [0.2, 0.25) is 0 Å². The molecule has 1 aliphatic rings. The van der Waals surface area contributed by atoms with Gasteiger partial charge in [-0.05, 0) is 36.8 Å². The van der Waals surface area contributed by atoms with Crippen molar-refractivity contribution >= 4 is 22.6 Å². The van der Waals surface area contributed by atoms with E-state index in [2.05, 4.69) is 51.6 Å². The van der Waals surface area contributed by atoms with Gasteiger partial charge in [-0.15, -0.1) is 0 Å².